The minimum Gasteiger partial charge on any atom is -0.170 e. The van der Waals surface area contributed by atoms with Crippen LogP contribution in [0.2, 0.25) is 0 Å². The molecule has 1 aliphatic carbocycles. The molecule has 0 saturated heterocycles. The van der Waals surface area contributed by atoms with E-state index in [2.05, 4.69) is 0 Å². The summed E-state index contributed by atoms with van der Waals surface area (Å²) >= 11 is 0. The summed E-state index contributed by atoms with van der Waals surface area (Å²) < 4.78 is 39.6. The maximum absolute atomic E-state index is 13.2. The van der Waals surface area contributed by atoms with Gasteiger partial charge in [-0.1, -0.05) is 49.6 Å². The molecule has 1 saturated carbocycles. The Balaban J connectivity index is 2.25. The molecule has 1 fully saturated rings. The van der Waals surface area contributed by atoms with E-state index in [-0.39, 0.29) is 5.92 Å². The fourth-order valence-corrected chi connectivity index (χ4v) is 2.86. The third kappa shape index (κ3) is 3.02. The van der Waals surface area contributed by atoms with Gasteiger partial charge < -0.3 is 0 Å². The molecule has 1 atom stereocenters. The van der Waals surface area contributed by atoms with E-state index >= 15 is 0 Å². The lowest BCUT2D eigenvalue weighted by Crippen LogP contribution is -2.29. The molecule has 0 radical (unpaired) electrons. The van der Waals surface area contributed by atoms with Gasteiger partial charge >= 0.3 is 6.18 Å². The molecule has 0 N–H and O–H groups in total. The zero-order valence-electron chi connectivity index (χ0n) is 9.71. The Morgan fingerprint density at radius 1 is 0.941 bits per heavy atom. The number of alkyl halides is 3. The lowest BCUT2D eigenvalue weighted by Gasteiger charge is -2.32. The Hall–Kier alpha value is -0.990. The Labute approximate surface area is 99.8 Å². The largest absolute Gasteiger partial charge is 0.396 e. The first-order chi connectivity index (χ1) is 8.09. The van der Waals surface area contributed by atoms with Crippen molar-refractivity contribution in [2.75, 3.05) is 0 Å². The molecule has 94 valence electrons. The summed E-state index contributed by atoms with van der Waals surface area (Å²) in [6, 6.07) is 8.35. The van der Waals surface area contributed by atoms with Crippen LogP contribution >= 0.6 is 0 Å². The van der Waals surface area contributed by atoms with E-state index in [1.807, 2.05) is 0 Å². The summed E-state index contributed by atoms with van der Waals surface area (Å²) in [5.74, 6) is -1.50. The van der Waals surface area contributed by atoms with Crippen molar-refractivity contribution in [2.45, 2.75) is 44.2 Å². The molecule has 0 aromatic heterocycles. The molecule has 0 spiro atoms. The van der Waals surface area contributed by atoms with Crippen LogP contribution in [0.5, 0.6) is 0 Å². The van der Waals surface area contributed by atoms with Crippen LogP contribution in [-0.2, 0) is 0 Å². The Morgan fingerprint density at radius 2 is 1.53 bits per heavy atom. The second kappa shape index (κ2) is 5.11. The van der Waals surface area contributed by atoms with Crippen molar-refractivity contribution in [2.24, 2.45) is 5.92 Å². The third-order valence-electron chi connectivity index (χ3n) is 3.63. The van der Waals surface area contributed by atoms with Crippen molar-refractivity contribution in [3.8, 4) is 0 Å². The van der Waals surface area contributed by atoms with Gasteiger partial charge in [-0.25, -0.2) is 0 Å². The highest BCUT2D eigenvalue weighted by Crippen LogP contribution is 2.45. The molecule has 3 heteroatoms. The standard InChI is InChI=1S/C14H17F3/c15-14(16,17)13(11-7-3-1-4-8-11)12-9-5-2-6-10-12/h1,3-4,7-8,12-13H,2,5-6,9-10H2/t13-/m0/s1. The SMILES string of the molecule is FC(F)(F)[C@@H](c1ccccc1)C1CCCCC1. The Bertz CT molecular complexity index is 336. The molecular weight excluding hydrogens is 225 g/mol. The van der Waals surface area contributed by atoms with Gasteiger partial charge in [0.25, 0.3) is 0 Å². The van der Waals surface area contributed by atoms with E-state index in [1.54, 1.807) is 30.3 Å². The van der Waals surface area contributed by atoms with Gasteiger partial charge in [0.05, 0.1) is 5.92 Å². The molecule has 0 nitrogen and oxygen atoms in total. The number of hydrogen-bond donors (Lipinski definition) is 0. The maximum Gasteiger partial charge on any atom is 0.396 e. The van der Waals surface area contributed by atoms with Crippen molar-refractivity contribution in [1.29, 1.82) is 0 Å². The van der Waals surface area contributed by atoms with E-state index in [0.717, 1.165) is 19.3 Å². The van der Waals surface area contributed by atoms with Crippen LogP contribution in [-0.4, -0.2) is 6.18 Å². The maximum atomic E-state index is 13.2. The second-order valence-electron chi connectivity index (χ2n) is 4.83. The van der Waals surface area contributed by atoms with Crippen LogP contribution in [0.3, 0.4) is 0 Å². The van der Waals surface area contributed by atoms with Crippen LogP contribution in [0.25, 0.3) is 0 Å². The molecular formula is C14H17F3. The highest BCUT2D eigenvalue weighted by Gasteiger charge is 2.45. The van der Waals surface area contributed by atoms with Crippen LogP contribution in [0.1, 0.15) is 43.6 Å². The Kier molecular flexibility index (Phi) is 3.75. The predicted octanol–water partition coefficient (Wildman–Crippen LogP) is 4.91. The summed E-state index contributed by atoms with van der Waals surface area (Å²) in [7, 11) is 0. The third-order valence-corrected chi connectivity index (χ3v) is 3.63. The molecule has 1 aromatic carbocycles. The second-order valence-corrected chi connectivity index (χ2v) is 4.83. The topological polar surface area (TPSA) is 0 Å². The molecule has 2 rings (SSSR count). The molecule has 1 aromatic rings. The summed E-state index contributed by atoms with van der Waals surface area (Å²) in [6.07, 6.45) is 0.242. The van der Waals surface area contributed by atoms with Crippen molar-refractivity contribution in [1.82, 2.24) is 0 Å². The summed E-state index contributed by atoms with van der Waals surface area (Å²) in [5, 5.41) is 0. The molecule has 0 bridgehead atoms. The zero-order chi connectivity index (χ0) is 12.3. The highest BCUT2D eigenvalue weighted by molar-refractivity contribution is 5.22. The van der Waals surface area contributed by atoms with Crippen LogP contribution in [0.4, 0.5) is 13.2 Å². The lowest BCUT2D eigenvalue weighted by atomic mass is 9.76. The van der Waals surface area contributed by atoms with E-state index in [1.165, 1.54) is 0 Å². The van der Waals surface area contributed by atoms with Gasteiger partial charge in [0.15, 0.2) is 0 Å². The van der Waals surface area contributed by atoms with Crippen LogP contribution in [0.15, 0.2) is 30.3 Å². The van der Waals surface area contributed by atoms with E-state index in [0.29, 0.717) is 18.4 Å². The minimum absolute atomic E-state index is 0.230. The average Bonchev–Trinajstić information content (AvgIpc) is 2.30. The van der Waals surface area contributed by atoms with E-state index in [4.69, 9.17) is 0 Å². The highest BCUT2D eigenvalue weighted by atomic mass is 19.4. The van der Waals surface area contributed by atoms with Gasteiger partial charge in [-0.2, -0.15) is 13.2 Å². The van der Waals surface area contributed by atoms with Gasteiger partial charge in [-0.05, 0) is 24.3 Å². The fraction of sp³-hybridized carbons (Fsp3) is 0.571. The number of halogens is 3. The summed E-state index contributed by atoms with van der Waals surface area (Å²) in [6.45, 7) is 0. The van der Waals surface area contributed by atoms with E-state index < -0.39 is 12.1 Å². The average molecular weight is 242 g/mol. The normalized spacial score (nSPS) is 20.2. The predicted molar refractivity (Wildman–Crippen MR) is 61.8 cm³/mol. The number of benzene rings is 1. The molecule has 0 amide bonds. The summed E-state index contributed by atoms with van der Waals surface area (Å²) in [4.78, 5) is 0. The first-order valence-corrected chi connectivity index (χ1v) is 6.20. The zero-order valence-corrected chi connectivity index (χ0v) is 9.71. The van der Waals surface area contributed by atoms with E-state index in [9.17, 15) is 13.2 Å². The smallest absolute Gasteiger partial charge is 0.170 e. The van der Waals surface area contributed by atoms with Crippen LogP contribution < -0.4 is 0 Å². The molecule has 0 unspecified atom stereocenters. The molecule has 0 heterocycles. The summed E-state index contributed by atoms with van der Waals surface area (Å²) in [5.41, 5.74) is 0.423. The van der Waals surface area contributed by atoms with Gasteiger partial charge in [0.2, 0.25) is 0 Å². The monoisotopic (exact) mass is 242 g/mol. The van der Waals surface area contributed by atoms with Crippen molar-refractivity contribution < 1.29 is 13.2 Å². The fourth-order valence-electron chi connectivity index (χ4n) is 2.86. The van der Waals surface area contributed by atoms with Crippen LogP contribution in [0, 0.1) is 5.92 Å². The Morgan fingerprint density at radius 3 is 2.06 bits per heavy atom. The van der Waals surface area contributed by atoms with Crippen molar-refractivity contribution >= 4 is 0 Å². The van der Waals surface area contributed by atoms with Gasteiger partial charge in [0.1, 0.15) is 0 Å². The van der Waals surface area contributed by atoms with Gasteiger partial charge in [-0.15, -0.1) is 0 Å². The van der Waals surface area contributed by atoms with Gasteiger partial charge in [0, 0.05) is 0 Å². The van der Waals surface area contributed by atoms with Crippen molar-refractivity contribution in [3.05, 3.63) is 35.9 Å². The minimum atomic E-state index is -4.12. The lowest BCUT2D eigenvalue weighted by molar-refractivity contribution is -0.164. The molecule has 17 heavy (non-hydrogen) atoms. The van der Waals surface area contributed by atoms with Gasteiger partial charge in [-0.3, -0.25) is 0 Å². The quantitative estimate of drug-likeness (QED) is 0.691. The number of rotatable bonds is 2. The molecule has 0 aliphatic heterocycles. The first-order valence-electron chi connectivity index (χ1n) is 6.20. The molecule has 1 aliphatic rings. The number of hydrogen-bond acceptors (Lipinski definition) is 0. The van der Waals surface area contributed by atoms with Crippen molar-refractivity contribution in [3.63, 3.8) is 0 Å². The first kappa shape index (κ1) is 12.5.